The van der Waals surface area contributed by atoms with E-state index in [1.54, 1.807) is 21.0 Å². The van der Waals surface area contributed by atoms with E-state index >= 15 is 0 Å². The molecule has 1 aliphatic heterocycles. The highest BCUT2D eigenvalue weighted by molar-refractivity contribution is 6.39. The summed E-state index contributed by atoms with van der Waals surface area (Å²) in [4.78, 5) is 35.7. The first-order valence-electron chi connectivity index (χ1n) is 5.78. The number of hydrogen-bond acceptors (Lipinski definition) is 4. The Bertz CT molecular complexity index is 392. The van der Waals surface area contributed by atoms with Gasteiger partial charge in [0, 0.05) is 33.5 Å². The lowest BCUT2D eigenvalue weighted by Gasteiger charge is -2.22. The topological polar surface area (TPSA) is 90.9 Å². The molecule has 18 heavy (non-hydrogen) atoms. The molecule has 7 heteroatoms. The minimum Gasteiger partial charge on any atom is -0.359 e. The lowest BCUT2D eigenvalue weighted by atomic mass is 10.1. The normalized spacial score (nSPS) is 16.4. The van der Waals surface area contributed by atoms with Gasteiger partial charge in [-0.15, -0.1) is 0 Å². The molecule has 1 rings (SSSR count). The molecule has 0 aromatic rings. The first kappa shape index (κ1) is 14.1. The van der Waals surface area contributed by atoms with Gasteiger partial charge in [0.25, 0.3) is 5.91 Å². The predicted molar refractivity (Wildman–Crippen MR) is 65.7 cm³/mol. The Hall–Kier alpha value is -1.92. The maximum Gasteiger partial charge on any atom is 0.269 e. The van der Waals surface area contributed by atoms with Gasteiger partial charge in [0.2, 0.25) is 11.8 Å². The van der Waals surface area contributed by atoms with Gasteiger partial charge in [-0.2, -0.15) is 5.10 Å². The minimum atomic E-state index is -0.289. The van der Waals surface area contributed by atoms with Crippen LogP contribution in [0.2, 0.25) is 0 Å². The molecule has 1 aliphatic rings. The Morgan fingerprint density at radius 3 is 2.67 bits per heavy atom. The quantitative estimate of drug-likeness (QED) is 0.680. The fraction of sp³-hybridized carbons (Fsp3) is 0.636. The second-order valence-electron chi connectivity index (χ2n) is 4.29. The molecule has 0 spiro atoms. The van der Waals surface area contributed by atoms with E-state index in [2.05, 4.69) is 15.8 Å². The molecule has 0 fully saturated rings. The molecule has 0 bridgehead atoms. The number of nitrogens with one attached hydrogen (secondary N) is 2. The minimum absolute atomic E-state index is 0.117. The number of amides is 3. The summed E-state index contributed by atoms with van der Waals surface area (Å²) in [7, 11) is 3.17. The zero-order valence-electron chi connectivity index (χ0n) is 10.8. The predicted octanol–water partition coefficient (Wildman–Crippen LogP) is -0.907. The van der Waals surface area contributed by atoms with Gasteiger partial charge in [0.15, 0.2) is 0 Å². The van der Waals surface area contributed by atoms with Gasteiger partial charge in [0.05, 0.1) is 5.92 Å². The zero-order chi connectivity index (χ0) is 13.7. The molecular formula is C11H18N4O3. The lowest BCUT2D eigenvalue weighted by molar-refractivity contribution is -0.127. The molecule has 100 valence electrons. The van der Waals surface area contributed by atoms with Crippen molar-refractivity contribution in [2.24, 2.45) is 11.0 Å². The Labute approximate surface area is 106 Å². The van der Waals surface area contributed by atoms with Gasteiger partial charge in [-0.1, -0.05) is 6.92 Å². The summed E-state index contributed by atoms with van der Waals surface area (Å²) in [6, 6.07) is 0. The van der Waals surface area contributed by atoms with E-state index in [-0.39, 0.29) is 30.1 Å². The van der Waals surface area contributed by atoms with E-state index in [0.717, 1.165) is 0 Å². The molecule has 7 nitrogen and oxygen atoms in total. The Morgan fingerprint density at radius 2 is 2.17 bits per heavy atom. The highest BCUT2D eigenvalue weighted by Crippen LogP contribution is 2.05. The first-order chi connectivity index (χ1) is 8.45. The van der Waals surface area contributed by atoms with Crippen LogP contribution >= 0.6 is 0 Å². The summed E-state index contributed by atoms with van der Waals surface area (Å²) >= 11 is 0. The van der Waals surface area contributed by atoms with E-state index in [4.69, 9.17) is 0 Å². The van der Waals surface area contributed by atoms with Crippen LogP contribution < -0.4 is 10.7 Å². The van der Waals surface area contributed by atoms with E-state index in [1.807, 2.05) is 0 Å². The third-order valence-corrected chi connectivity index (χ3v) is 2.74. The Kier molecular flexibility index (Phi) is 4.82. The molecule has 0 radical (unpaired) electrons. The first-order valence-corrected chi connectivity index (χ1v) is 5.78. The average molecular weight is 254 g/mol. The maximum atomic E-state index is 12.0. The number of hydrazone groups is 1. The maximum absolute atomic E-state index is 12.0. The molecule has 1 atom stereocenters. The molecule has 2 N–H and O–H groups in total. The molecule has 0 aromatic carbocycles. The van der Waals surface area contributed by atoms with Crippen molar-refractivity contribution in [1.82, 2.24) is 15.6 Å². The number of rotatable bonds is 4. The molecular weight excluding hydrogens is 236 g/mol. The van der Waals surface area contributed by atoms with Crippen molar-refractivity contribution in [3.05, 3.63) is 0 Å². The van der Waals surface area contributed by atoms with Crippen molar-refractivity contribution < 1.29 is 14.4 Å². The summed E-state index contributed by atoms with van der Waals surface area (Å²) in [6.07, 6.45) is 0.604. The van der Waals surface area contributed by atoms with Crippen LogP contribution in [0.3, 0.4) is 0 Å². The summed E-state index contributed by atoms with van der Waals surface area (Å²) in [5, 5.41) is 6.26. The van der Waals surface area contributed by atoms with Crippen molar-refractivity contribution in [3.63, 3.8) is 0 Å². The largest absolute Gasteiger partial charge is 0.359 e. The number of carbonyl (C=O) groups is 3. The van der Waals surface area contributed by atoms with Gasteiger partial charge >= 0.3 is 0 Å². The monoisotopic (exact) mass is 254 g/mol. The van der Waals surface area contributed by atoms with Crippen molar-refractivity contribution in [2.75, 3.05) is 20.6 Å². The SMILES string of the molecule is CNC(=O)C(C)CN(C)C(=O)C1=NNC(=O)CC1. The molecule has 0 aromatic heterocycles. The fourth-order valence-corrected chi connectivity index (χ4v) is 1.67. The molecule has 1 heterocycles. The van der Waals surface area contributed by atoms with Gasteiger partial charge < -0.3 is 10.2 Å². The van der Waals surface area contributed by atoms with Crippen molar-refractivity contribution in [2.45, 2.75) is 19.8 Å². The summed E-state index contributed by atoms with van der Waals surface area (Å²) in [5.41, 5.74) is 2.60. The fourth-order valence-electron chi connectivity index (χ4n) is 1.67. The molecule has 3 amide bonds. The highest BCUT2D eigenvalue weighted by atomic mass is 16.2. The van der Waals surface area contributed by atoms with E-state index in [9.17, 15) is 14.4 Å². The van der Waals surface area contributed by atoms with E-state index in [1.165, 1.54) is 4.90 Å². The van der Waals surface area contributed by atoms with E-state index in [0.29, 0.717) is 18.7 Å². The highest BCUT2D eigenvalue weighted by Gasteiger charge is 2.23. The average Bonchev–Trinajstić information content (AvgIpc) is 2.37. The van der Waals surface area contributed by atoms with Gasteiger partial charge in [0.1, 0.15) is 5.71 Å². The van der Waals surface area contributed by atoms with Crippen LogP contribution in [-0.4, -0.2) is 49.0 Å². The van der Waals surface area contributed by atoms with Crippen LogP contribution in [0.5, 0.6) is 0 Å². The van der Waals surface area contributed by atoms with E-state index < -0.39 is 0 Å². The number of carbonyl (C=O) groups excluding carboxylic acids is 3. The van der Waals surface area contributed by atoms with Gasteiger partial charge in [-0.25, -0.2) is 5.43 Å². The van der Waals surface area contributed by atoms with Gasteiger partial charge in [-0.05, 0) is 0 Å². The third-order valence-electron chi connectivity index (χ3n) is 2.74. The van der Waals surface area contributed by atoms with Gasteiger partial charge in [-0.3, -0.25) is 14.4 Å². The third kappa shape index (κ3) is 3.54. The second-order valence-corrected chi connectivity index (χ2v) is 4.29. The second kappa shape index (κ2) is 6.13. The standard InChI is InChI=1S/C11H18N4O3/c1-7(10(17)12-2)6-15(3)11(18)8-4-5-9(16)14-13-8/h7H,4-6H2,1-3H3,(H,12,17)(H,14,16). The summed E-state index contributed by atoms with van der Waals surface area (Å²) in [5.74, 6) is -0.852. The van der Waals surface area contributed by atoms with Crippen molar-refractivity contribution in [1.29, 1.82) is 0 Å². The summed E-state index contributed by atoms with van der Waals surface area (Å²) < 4.78 is 0. The molecule has 0 saturated heterocycles. The summed E-state index contributed by atoms with van der Waals surface area (Å²) in [6.45, 7) is 2.05. The van der Waals surface area contributed by atoms with Crippen LogP contribution in [-0.2, 0) is 14.4 Å². The molecule has 0 saturated carbocycles. The van der Waals surface area contributed by atoms with Crippen LogP contribution in [0, 0.1) is 5.92 Å². The van der Waals surface area contributed by atoms with Crippen LogP contribution in [0.25, 0.3) is 0 Å². The van der Waals surface area contributed by atoms with Crippen LogP contribution in [0.4, 0.5) is 0 Å². The number of nitrogens with zero attached hydrogens (tertiary/aromatic N) is 2. The van der Waals surface area contributed by atoms with Crippen molar-refractivity contribution >= 4 is 23.4 Å². The Balaban J connectivity index is 2.56. The lowest BCUT2D eigenvalue weighted by Crippen LogP contribution is -2.42. The zero-order valence-corrected chi connectivity index (χ0v) is 10.8. The Morgan fingerprint density at radius 1 is 1.50 bits per heavy atom. The van der Waals surface area contributed by atoms with Crippen LogP contribution in [0.1, 0.15) is 19.8 Å². The smallest absolute Gasteiger partial charge is 0.269 e. The number of hydrogen-bond donors (Lipinski definition) is 2. The molecule has 1 unspecified atom stereocenters. The molecule has 0 aliphatic carbocycles. The van der Waals surface area contributed by atoms with Crippen molar-refractivity contribution in [3.8, 4) is 0 Å². The van der Waals surface area contributed by atoms with Crippen LogP contribution in [0.15, 0.2) is 5.10 Å².